The van der Waals surface area contributed by atoms with Gasteiger partial charge in [0.2, 0.25) is 0 Å². The summed E-state index contributed by atoms with van der Waals surface area (Å²) in [4.78, 5) is 11.8. The lowest BCUT2D eigenvalue weighted by atomic mass is 10.2. The number of hydrogen-bond acceptors (Lipinski definition) is 3. The number of aryl methyl sites for hydroxylation is 2. The molecule has 110 valence electrons. The normalized spacial score (nSPS) is 10.3. The van der Waals surface area contributed by atoms with Gasteiger partial charge >= 0.3 is 5.97 Å². The fourth-order valence-corrected chi connectivity index (χ4v) is 2.35. The van der Waals surface area contributed by atoms with Gasteiger partial charge in [-0.2, -0.15) is 0 Å². The molecule has 0 saturated heterocycles. The Bertz CT molecular complexity index is 671. The summed E-state index contributed by atoms with van der Waals surface area (Å²) in [6.07, 6.45) is 0. The predicted molar refractivity (Wildman–Crippen MR) is 86.2 cm³/mol. The summed E-state index contributed by atoms with van der Waals surface area (Å²) >= 11 is 9.29. The summed E-state index contributed by atoms with van der Waals surface area (Å²) < 4.78 is 11.6. The van der Waals surface area contributed by atoms with Crippen LogP contribution in [-0.4, -0.2) is 12.6 Å². The molecule has 2 rings (SSSR count). The van der Waals surface area contributed by atoms with Crippen LogP contribution < -0.4 is 9.47 Å². The highest BCUT2D eigenvalue weighted by atomic mass is 79.9. The first-order valence-electron chi connectivity index (χ1n) is 6.31. The Morgan fingerprint density at radius 1 is 1.14 bits per heavy atom. The predicted octanol–water partition coefficient (Wildman–Crippen LogP) is 4.70. The molecule has 21 heavy (non-hydrogen) atoms. The third kappa shape index (κ3) is 4.48. The number of halogens is 2. The first-order valence-corrected chi connectivity index (χ1v) is 7.48. The van der Waals surface area contributed by atoms with E-state index < -0.39 is 5.97 Å². The third-order valence-corrected chi connectivity index (χ3v) is 3.76. The van der Waals surface area contributed by atoms with Gasteiger partial charge in [-0.05, 0) is 61.4 Å². The molecule has 0 heterocycles. The van der Waals surface area contributed by atoms with Gasteiger partial charge in [0, 0.05) is 9.50 Å². The highest BCUT2D eigenvalue weighted by Gasteiger charge is 2.08. The van der Waals surface area contributed by atoms with Crippen LogP contribution in [0.5, 0.6) is 11.5 Å². The largest absolute Gasteiger partial charge is 0.482 e. The van der Waals surface area contributed by atoms with Crippen molar-refractivity contribution in [1.82, 2.24) is 0 Å². The van der Waals surface area contributed by atoms with Gasteiger partial charge in [0.25, 0.3) is 0 Å². The lowest BCUT2D eigenvalue weighted by Gasteiger charge is -2.10. The zero-order valence-corrected chi connectivity index (χ0v) is 14.0. The topological polar surface area (TPSA) is 35.5 Å². The summed E-state index contributed by atoms with van der Waals surface area (Å²) in [5.41, 5.74) is 1.80. The second-order valence-corrected chi connectivity index (χ2v) is 5.91. The maximum Gasteiger partial charge on any atom is 0.349 e. The fraction of sp³-hybridized carbons (Fsp3) is 0.188. The first-order chi connectivity index (χ1) is 9.95. The molecule has 5 heteroatoms. The Morgan fingerprint density at radius 2 is 1.90 bits per heavy atom. The van der Waals surface area contributed by atoms with Crippen molar-refractivity contribution in [2.75, 3.05) is 6.61 Å². The van der Waals surface area contributed by atoms with E-state index in [1.165, 1.54) is 0 Å². The van der Waals surface area contributed by atoms with Gasteiger partial charge < -0.3 is 9.47 Å². The van der Waals surface area contributed by atoms with Crippen molar-refractivity contribution >= 4 is 33.5 Å². The van der Waals surface area contributed by atoms with Gasteiger partial charge in [0.1, 0.15) is 11.5 Å². The average Bonchev–Trinajstić information content (AvgIpc) is 2.42. The molecular weight excluding hydrogens is 356 g/mol. The quantitative estimate of drug-likeness (QED) is 0.578. The summed E-state index contributed by atoms with van der Waals surface area (Å²) in [6.45, 7) is 3.61. The second-order valence-electron chi connectivity index (χ2n) is 4.58. The van der Waals surface area contributed by atoms with Gasteiger partial charge in [0.05, 0.1) is 0 Å². The lowest BCUT2D eigenvalue weighted by molar-refractivity contribution is -0.136. The number of ether oxygens (including phenoxy) is 2. The second kappa shape index (κ2) is 6.96. The standard InChI is InChI=1S/C16H14BrClO3/c1-10-8-13(4-5-14(10)18)21-16(19)9-20-15-6-3-12(17)7-11(15)2/h3-8H,9H2,1-2H3. The number of carbonyl (C=O) groups is 1. The monoisotopic (exact) mass is 368 g/mol. The van der Waals surface area contributed by atoms with Gasteiger partial charge in [-0.1, -0.05) is 27.5 Å². The molecule has 0 amide bonds. The van der Waals surface area contributed by atoms with E-state index in [2.05, 4.69) is 15.9 Å². The van der Waals surface area contributed by atoms with E-state index >= 15 is 0 Å². The van der Waals surface area contributed by atoms with Crippen LogP contribution in [0.3, 0.4) is 0 Å². The molecule has 2 aromatic carbocycles. The third-order valence-electron chi connectivity index (χ3n) is 2.84. The molecule has 2 aromatic rings. The molecule has 0 unspecified atom stereocenters. The average molecular weight is 370 g/mol. The molecule has 0 aliphatic carbocycles. The zero-order valence-electron chi connectivity index (χ0n) is 11.7. The number of hydrogen-bond donors (Lipinski definition) is 0. The fourth-order valence-electron chi connectivity index (χ4n) is 1.75. The van der Waals surface area contributed by atoms with Crippen molar-refractivity contribution in [2.45, 2.75) is 13.8 Å². The molecule has 0 saturated carbocycles. The molecular formula is C16H14BrClO3. The minimum atomic E-state index is -0.459. The molecule has 0 aromatic heterocycles. The SMILES string of the molecule is Cc1cc(OC(=O)COc2ccc(Br)cc2C)ccc1Cl. The van der Waals surface area contributed by atoms with Crippen molar-refractivity contribution in [1.29, 1.82) is 0 Å². The van der Waals surface area contributed by atoms with Crippen molar-refractivity contribution in [2.24, 2.45) is 0 Å². The number of benzene rings is 2. The molecule has 0 fully saturated rings. The van der Waals surface area contributed by atoms with Gasteiger partial charge in [-0.25, -0.2) is 4.79 Å². The molecule has 0 atom stereocenters. The molecule has 0 radical (unpaired) electrons. The minimum absolute atomic E-state index is 0.149. The molecule has 0 aliphatic heterocycles. The molecule has 0 bridgehead atoms. The van der Waals surface area contributed by atoms with Crippen molar-refractivity contribution in [3.8, 4) is 11.5 Å². The zero-order chi connectivity index (χ0) is 15.4. The maximum atomic E-state index is 11.8. The van der Waals surface area contributed by atoms with Crippen LogP contribution >= 0.6 is 27.5 Å². The molecule has 3 nitrogen and oxygen atoms in total. The van der Waals surface area contributed by atoms with Crippen LogP contribution in [0.25, 0.3) is 0 Å². The Balaban J connectivity index is 1.94. The summed E-state index contributed by atoms with van der Waals surface area (Å²) in [5, 5.41) is 0.636. The highest BCUT2D eigenvalue weighted by molar-refractivity contribution is 9.10. The van der Waals surface area contributed by atoms with Gasteiger partial charge in [-0.3, -0.25) is 0 Å². The van der Waals surface area contributed by atoms with E-state index in [9.17, 15) is 4.79 Å². The smallest absolute Gasteiger partial charge is 0.349 e. The van der Waals surface area contributed by atoms with Crippen LogP contribution in [0.2, 0.25) is 5.02 Å². The Morgan fingerprint density at radius 3 is 2.57 bits per heavy atom. The van der Waals surface area contributed by atoms with E-state index in [1.807, 2.05) is 26.0 Å². The summed E-state index contributed by atoms with van der Waals surface area (Å²) in [5.74, 6) is 0.652. The van der Waals surface area contributed by atoms with Crippen LogP contribution in [0.1, 0.15) is 11.1 Å². The first kappa shape index (κ1) is 15.9. The summed E-state index contributed by atoms with van der Waals surface area (Å²) in [7, 11) is 0. The Hall–Kier alpha value is -1.52. The van der Waals surface area contributed by atoms with Crippen molar-refractivity contribution in [3.05, 3.63) is 57.0 Å². The molecule has 0 N–H and O–H groups in total. The van der Waals surface area contributed by atoms with E-state index in [0.717, 1.165) is 15.6 Å². The van der Waals surface area contributed by atoms with E-state index in [1.54, 1.807) is 24.3 Å². The van der Waals surface area contributed by atoms with Gasteiger partial charge in [-0.15, -0.1) is 0 Å². The van der Waals surface area contributed by atoms with Gasteiger partial charge in [0.15, 0.2) is 6.61 Å². The number of carbonyl (C=O) groups excluding carboxylic acids is 1. The van der Waals surface area contributed by atoms with E-state index in [0.29, 0.717) is 16.5 Å². The van der Waals surface area contributed by atoms with Crippen LogP contribution in [0, 0.1) is 13.8 Å². The lowest BCUT2D eigenvalue weighted by Crippen LogP contribution is -2.18. The Labute approximate surface area is 137 Å². The number of esters is 1. The van der Waals surface area contributed by atoms with Crippen LogP contribution in [0.4, 0.5) is 0 Å². The Kier molecular flexibility index (Phi) is 5.26. The van der Waals surface area contributed by atoms with E-state index in [-0.39, 0.29) is 6.61 Å². The van der Waals surface area contributed by atoms with Crippen molar-refractivity contribution < 1.29 is 14.3 Å². The summed E-state index contributed by atoms with van der Waals surface area (Å²) in [6, 6.07) is 10.6. The van der Waals surface area contributed by atoms with E-state index in [4.69, 9.17) is 21.1 Å². The van der Waals surface area contributed by atoms with Crippen LogP contribution in [-0.2, 0) is 4.79 Å². The minimum Gasteiger partial charge on any atom is -0.482 e. The van der Waals surface area contributed by atoms with Crippen LogP contribution in [0.15, 0.2) is 40.9 Å². The highest BCUT2D eigenvalue weighted by Crippen LogP contribution is 2.23. The molecule has 0 spiro atoms. The van der Waals surface area contributed by atoms with Crippen molar-refractivity contribution in [3.63, 3.8) is 0 Å². The molecule has 0 aliphatic rings. The maximum absolute atomic E-state index is 11.8. The number of rotatable bonds is 4.